The van der Waals surface area contributed by atoms with Gasteiger partial charge in [0.05, 0.1) is 6.04 Å². The van der Waals surface area contributed by atoms with Crippen molar-refractivity contribution in [3.8, 4) is 0 Å². The number of nitrogens with one attached hydrogen (secondary N) is 4. The van der Waals surface area contributed by atoms with Crippen LogP contribution in [0.5, 0.6) is 0 Å². The van der Waals surface area contributed by atoms with Crippen LogP contribution in [0.15, 0.2) is 12.7 Å². The van der Waals surface area contributed by atoms with Crippen LogP contribution in [0.2, 0.25) is 0 Å². The minimum Gasteiger partial charge on any atom is -0.346 e. The maximum absolute atomic E-state index is 14.5. The fourth-order valence-electron chi connectivity index (χ4n) is 10.6. The minimum atomic E-state index is -0.972. The molecule has 7 fully saturated rings. The van der Waals surface area contributed by atoms with Crippen LogP contribution in [0.1, 0.15) is 97.8 Å². The molecule has 7 rings (SSSR count). The molecule has 1 saturated heterocycles. The van der Waals surface area contributed by atoms with Gasteiger partial charge in [0, 0.05) is 18.6 Å². The number of hydrogen-bond acceptors (Lipinski definition) is 5. The second-order valence-electron chi connectivity index (χ2n) is 15.9. The zero-order valence-electron chi connectivity index (χ0n) is 27.4. The summed E-state index contributed by atoms with van der Waals surface area (Å²) in [4.78, 5) is 69.3. The van der Waals surface area contributed by atoms with E-state index in [0.717, 1.165) is 44.9 Å². The van der Waals surface area contributed by atoms with E-state index in [9.17, 15) is 24.0 Å². The standard InChI is InChI=1S/C35H53N5O5/c1-5-9-25(29(41)31(43)36-12-6-2)37-30(42)28-26-24(34(26,3)4)19-40(28)32(44)27(23-10-7-8-11-23)38-33(45)39-35-16-20-13-21(17-35)15-22(14-20)18-35/h6,20-28H,2,5,7-19H2,1,3-4H3,(H,36,43)(H,37,42)(H2,38,39,45)/t20?,21?,22?,24?,25?,26?,27?,28-,35?/m0/s1. The second-order valence-corrected chi connectivity index (χ2v) is 15.9. The van der Waals surface area contributed by atoms with E-state index in [-0.39, 0.29) is 47.2 Å². The molecular formula is C35H53N5O5. The lowest BCUT2D eigenvalue weighted by Crippen LogP contribution is -2.64. The van der Waals surface area contributed by atoms with Crippen molar-refractivity contribution in [1.29, 1.82) is 0 Å². The van der Waals surface area contributed by atoms with Crippen LogP contribution in [0.4, 0.5) is 4.79 Å². The van der Waals surface area contributed by atoms with Crippen LogP contribution in [0.3, 0.4) is 0 Å². The van der Waals surface area contributed by atoms with Crippen LogP contribution in [-0.4, -0.2) is 71.2 Å². The molecule has 45 heavy (non-hydrogen) atoms. The summed E-state index contributed by atoms with van der Waals surface area (Å²) in [5.74, 6) is 0.182. The molecule has 0 aromatic carbocycles. The summed E-state index contributed by atoms with van der Waals surface area (Å²) in [6.07, 6.45) is 13.1. The maximum Gasteiger partial charge on any atom is 0.315 e. The molecular weight excluding hydrogens is 570 g/mol. The highest BCUT2D eigenvalue weighted by atomic mass is 16.2. The molecule has 1 aliphatic heterocycles. The lowest BCUT2D eigenvalue weighted by molar-refractivity contribution is -0.144. The number of carbonyl (C=O) groups excluding carboxylic acids is 5. The molecule has 4 bridgehead atoms. The molecule has 0 radical (unpaired) electrons. The molecule has 4 N–H and O–H groups in total. The topological polar surface area (TPSA) is 137 Å². The smallest absolute Gasteiger partial charge is 0.315 e. The van der Waals surface area contributed by atoms with Crippen LogP contribution in [-0.2, 0) is 19.2 Å². The van der Waals surface area contributed by atoms with E-state index in [2.05, 4.69) is 41.7 Å². The van der Waals surface area contributed by atoms with Crippen molar-refractivity contribution in [3.05, 3.63) is 12.7 Å². The number of urea groups is 1. The molecule has 0 aromatic rings. The molecule has 7 aliphatic rings. The van der Waals surface area contributed by atoms with Crippen molar-refractivity contribution in [2.45, 2.75) is 121 Å². The van der Waals surface area contributed by atoms with E-state index in [1.54, 1.807) is 4.90 Å². The van der Waals surface area contributed by atoms with Crippen molar-refractivity contribution in [1.82, 2.24) is 26.2 Å². The highest BCUT2D eigenvalue weighted by molar-refractivity contribution is 6.38. The number of ketones is 1. The van der Waals surface area contributed by atoms with Gasteiger partial charge in [-0.25, -0.2) is 4.79 Å². The number of fused-ring (bicyclic) bond motifs is 1. The number of nitrogens with zero attached hydrogens (tertiary/aromatic N) is 1. The summed E-state index contributed by atoms with van der Waals surface area (Å²) in [6.45, 7) is 10.3. The number of piperidine rings is 1. The molecule has 1 heterocycles. The van der Waals surface area contributed by atoms with Gasteiger partial charge in [0.1, 0.15) is 12.1 Å². The number of amides is 5. The van der Waals surface area contributed by atoms with E-state index in [4.69, 9.17) is 0 Å². The van der Waals surface area contributed by atoms with Crippen molar-refractivity contribution < 1.29 is 24.0 Å². The molecule has 248 valence electrons. The summed E-state index contributed by atoms with van der Waals surface area (Å²) in [7, 11) is 0. The summed E-state index contributed by atoms with van der Waals surface area (Å²) in [5, 5.41) is 11.9. The Morgan fingerprint density at radius 1 is 0.956 bits per heavy atom. The predicted octanol–water partition coefficient (Wildman–Crippen LogP) is 3.45. The van der Waals surface area contributed by atoms with Crippen molar-refractivity contribution in [2.24, 2.45) is 40.9 Å². The van der Waals surface area contributed by atoms with Gasteiger partial charge < -0.3 is 26.2 Å². The van der Waals surface area contributed by atoms with Crippen molar-refractivity contribution in [3.63, 3.8) is 0 Å². The monoisotopic (exact) mass is 623 g/mol. The highest BCUT2D eigenvalue weighted by Crippen LogP contribution is 2.65. The summed E-state index contributed by atoms with van der Waals surface area (Å²) < 4.78 is 0. The summed E-state index contributed by atoms with van der Waals surface area (Å²) >= 11 is 0. The summed E-state index contributed by atoms with van der Waals surface area (Å²) in [5.41, 5.74) is -0.279. The highest BCUT2D eigenvalue weighted by Gasteiger charge is 2.70. The average Bonchev–Trinajstić information content (AvgIpc) is 3.42. The van der Waals surface area contributed by atoms with Gasteiger partial charge in [-0.1, -0.05) is 46.1 Å². The number of rotatable bonds is 12. The first-order valence-electron chi connectivity index (χ1n) is 17.6. The van der Waals surface area contributed by atoms with E-state index in [1.807, 2.05) is 6.92 Å². The van der Waals surface area contributed by atoms with Crippen LogP contribution in [0.25, 0.3) is 0 Å². The van der Waals surface area contributed by atoms with E-state index in [1.165, 1.54) is 25.3 Å². The van der Waals surface area contributed by atoms with Crippen LogP contribution >= 0.6 is 0 Å². The molecule has 4 unspecified atom stereocenters. The molecule has 6 saturated carbocycles. The van der Waals surface area contributed by atoms with E-state index >= 15 is 0 Å². The number of Topliss-reactive ketones (excluding diaryl/α,β-unsaturated/α-hetero) is 1. The Labute approximate surface area is 267 Å². The maximum atomic E-state index is 14.5. The van der Waals surface area contributed by atoms with Crippen LogP contribution < -0.4 is 21.3 Å². The van der Waals surface area contributed by atoms with Crippen molar-refractivity contribution >= 4 is 29.5 Å². The third-order valence-corrected chi connectivity index (χ3v) is 12.4. The van der Waals surface area contributed by atoms with Gasteiger partial charge in [-0.15, -0.1) is 6.58 Å². The molecule has 10 nitrogen and oxygen atoms in total. The predicted molar refractivity (Wildman–Crippen MR) is 170 cm³/mol. The minimum absolute atomic E-state index is 0.0243. The van der Waals surface area contributed by atoms with E-state index in [0.29, 0.717) is 37.1 Å². The zero-order valence-corrected chi connectivity index (χ0v) is 27.4. The Hall–Kier alpha value is -2.91. The first-order chi connectivity index (χ1) is 21.5. The SMILES string of the molecule is C=CCNC(=O)C(=O)C(CCC)NC(=O)[C@@H]1C2C(CN1C(=O)C(NC(=O)NC13CC4CC(CC(C4)C1)C3)C1CCCC1)C2(C)C. The quantitative estimate of drug-likeness (QED) is 0.195. The lowest BCUT2D eigenvalue weighted by Gasteiger charge is -2.56. The third kappa shape index (κ3) is 6.14. The van der Waals surface area contributed by atoms with Gasteiger partial charge in [-0.3, -0.25) is 19.2 Å². The average molecular weight is 624 g/mol. The van der Waals surface area contributed by atoms with E-state index < -0.39 is 35.7 Å². The Bertz CT molecular complexity index is 1190. The van der Waals surface area contributed by atoms with Gasteiger partial charge >= 0.3 is 6.03 Å². The number of carbonyl (C=O) groups is 5. The Morgan fingerprint density at radius 2 is 1.58 bits per heavy atom. The second kappa shape index (κ2) is 12.4. The number of likely N-dealkylation sites (tertiary alicyclic amines) is 1. The zero-order chi connectivity index (χ0) is 32.1. The van der Waals surface area contributed by atoms with Gasteiger partial charge in [0.25, 0.3) is 5.91 Å². The van der Waals surface area contributed by atoms with Gasteiger partial charge in [0.2, 0.25) is 17.6 Å². The van der Waals surface area contributed by atoms with Crippen LogP contribution in [0, 0.1) is 40.9 Å². The Balaban J connectivity index is 1.18. The summed E-state index contributed by atoms with van der Waals surface area (Å²) in [6, 6.07) is -2.68. The van der Waals surface area contributed by atoms with Gasteiger partial charge in [-0.05, 0) is 98.7 Å². The largest absolute Gasteiger partial charge is 0.346 e. The first-order valence-corrected chi connectivity index (χ1v) is 17.6. The number of hydrogen-bond donors (Lipinski definition) is 4. The molecule has 5 amide bonds. The fraction of sp³-hybridized carbons (Fsp3) is 0.800. The Kier molecular flexibility index (Phi) is 8.80. The third-order valence-electron chi connectivity index (χ3n) is 12.4. The van der Waals surface area contributed by atoms with Gasteiger partial charge in [0.15, 0.2) is 0 Å². The lowest BCUT2D eigenvalue weighted by atomic mass is 9.53. The molecule has 5 atom stereocenters. The molecule has 10 heteroatoms. The van der Waals surface area contributed by atoms with Crippen molar-refractivity contribution in [2.75, 3.05) is 13.1 Å². The molecule has 6 aliphatic carbocycles. The normalized spacial score (nSPS) is 35.2. The molecule has 0 spiro atoms. The first kappa shape index (κ1) is 32.0. The molecule has 0 aromatic heterocycles. The fourth-order valence-corrected chi connectivity index (χ4v) is 10.6. The van der Waals surface area contributed by atoms with Gasteiger partial charge in [-0.2, -0.15) is 0 Å². The Morgan fingerprint density at radius 3 is 2.16 bits per heavy atom.